The van der Waals surface area contributed by atoms with Crippen LogP contribution in [0.2, 0.25) is 0 Å². The zero-order valence-corrected chi connectivity index (χ0v) is 13.5. The normalized spacial score (nSPS) is 21.5. The van der Waals surface area contributed by atoms with Gasteiger partial charge in [0.25, 0.3) is 11.8 Å². The average molecular weight is 324 g/mol. The molecule has 24 heavy (non-hydrogen) atoms. The Bertz CT molecular complexity index is 829. The van der Waals surface area contributed by atoms with Gasteiger partial charge in [-0.1, -0.05) is 23.8 Å². The topological polar surface area (TPSA) is 58.5 Å². The highest BCUT2D eigenvalue weighted by Crippen LogP contribution is 2.29. The van der Waals surface area contributed by atoms with Crippen LogP contribution in [0, 0.1) is 11.7 Å². The Morgan fingerprint density at radius 3 is 2.67 bits per heavy atom. The lowest BCUT2D eigenvalue weighted by molar-refractivity contribution is -0.118. The molecule has 4 nitrogen and oxygen atoms in total. The smallest absolute Gasteiger partial charge is 0.251 e. The molecule has 2 amide bonds. The quantitative estimate of drug-likeness (QED) is 0.909. The minimum absolute atomic E-state index is 0.0221. The van der Waals surface area contributed by atoms with E-state index in [4.69, 9.17) is 0 Å². The molecular formula is C19H17FN2O2. The van der Waals surface area contributed by atoms with Crippen molar-refractivity contribution >= 4 is 17.5 Å². The van der Waals surface area contributed by atoms with Gasteiger partial charge in [0.05, 0.1) is 12.1 Å². The van der Waals surface area contributed by atoms with Crippen molar-refractivity contribution in [1.82, 2.24) is 5.32 Å². The molecule has 0 saturated heterocycles. The fraction of sp³-hybridized carbons (Fsp3) is 0.211. The Labute approximate surface area is 139 Å². The van der Waals surface area contributed by atoms with Crippen molar-refractivity contribution in [2.75, 3.05) is 0 Å². The Kier molecular flexibility index (Phi) is 4.25. The Hall–Kier alpha value is -2.82. The molecule has 122 valence electrons. The number of carbonyl (C=O) groups excluding carboxylic acids is 2. The van der Waals surface area contributed by atoms with Gasteiger partial charge in [-0.05, 0) is 43.7 Å². The summed E-state index contributed by atoms with van der Waals surface area (Å²) in [6.45, 7) is 3.73. The molecule has 1 aromatic carbocycles. The number of rotatable bonds is 2. The molecule has 0 fully saturated rings. The van der Waals surface area contributed by atoms with Crippen LogP contribution in [0.4, 0.5) is 4.39 Å². The van der Waals surface area contributed by atoms with E-state index < -0.39 is 0 Å². The number of aliphatic imine (C=N–C) groups is 1. The molecule has 1 aliphatic carbocycles. The molecule has 0 radical (unpaired) electrons. The first-order valence-corrected chi connectivity index (χ1v) is 7.68. The van der Waals surface area contributed by atoms with Crippen LogP contribution >= 0.6 is 0 Å². The second kappa shape index (κ2) is 6.35. The van der Waals surface area contributed by atoms with Gasteiger partial charge >= 0.3 is 0 Å². The van der Waals surface area contributed by atoms with Gasteiger partial charge in [-0.15, -0.1) is 0 Å². The van der Waals surface area contributed by atoms with Crippen molar-refractivity contribution in [2.24, 2.45) is 10.9 Å². The van der Waals surface area contributed by atoms with Gasteiger partial charge in [0, 0.05) is 17.2 Å². The summed E-state index contributed by atoms with van der Waals surface area (Å²) in [6.07, 6.45) is 5.54. The average Bonchev–Trinajstić information content (AvgIpc) is 2.55. The number of benzene rings is 1. The van der Waals surface area contributed by atoms with Crippen molar-refractivity contribution in [3.05, 3.63) is 70.7 Å². The van der Waals surface area contributed by atoms with Gasteiger partial charge < -0.3 is 5.32 Å². The summed E-state index contributed by atoms with van der Waals surface area (Å²) in [5.74, 6) is -0.756. The number of carbonyl (C=O) groups is 2. The highest BCUT2D eigenvalue weighted by Gasteiger charge is 2.27. The third-order valence-electron chi connectivity index (χ3n) is 4.28. The maximum Gasteiger partial charge on any atom is 0.251 e. The predicted octanol–water partition coefficient (Wildman–Crippen LogP) is 2.87. The zero-order chi connectivity index (χ0) is 17.3. The molecule has 2 aliphatic rings. The fourth-order valence-electron chi connectivity index (χ4n) is 2.75. The number of hydrogen-bond donors (Lipinski definition) is 1. The van der Waals surface area contributed by atoms with E-state index >= 15 is 0 Å². The van der Waals surface area contributed by atoms with Crippen molar-refractivity contribution in [2.45, 2.75) is 20.3 Å². The molecule has 0 saturated carbocycles. The third-order valence-corrected chi connectivity index (χ3v) is 4.28. The Morgan fingerprint density at radius 2 is 1.96 bits per heavy atom. The van der Waals surface area contributed by atoms with Crippen LogP contribution in [0.25, 0.3) is 0 Å². The number of nitrogens with one attached hydrogen (secondary N) is 1. The first-order chi connectivity index (χ1) is 11.4. The summed E-state index contributed by atoms with van der Waals surface area (Å²) in [5, 5.41) is 2.84. The van der Waals surface area contributed by atoms with Crippen LogP contribution in [-0.4, -0.2) is 17.5 Å². The number of amides is 2. The largest absolute Gasteiger partial charge is 0.325 e. The molecule has 1 aliphatic heterocycles. The lowest BCUT2D eigenvalue weighted by atomic mass is 9.85. The first kappa shape index (κ1) is 16.1. The monoisotopic (exact) mass is 324 g/mol. The minimum atomic E-state index is -0.338. The maximum absolute atomic E-state index is 12.9. The van der Waals surface area contributed by atoms with E-state index in [0.717, 1.165) is 16.8 Å². The van der Waals surface area contributed by atoms with E-state index in [1.54, 1.807) is 31.2 Å². The van der Waals surface area contributed by atoms with Crippen LogP contribution in [0.3, 0.4) is 0 Å². The van der Waals surface area contributed by atoms with E-state index in [9.17, 15) is 14.0 Å². The Balaban J connectivity index is 1.77. The molecule has 1 aromatic rings. The van der Waals surface area contributed by atoms with Gasteiger partial charge in [0.2, 0.25) is 0 Å². The second-order valence-electron chi connectivity index (χ2n) is 5.93. The standard InChI is InChI=1S/C19H17FN2O2/c1-11-12(2)19(24)22-17-10-15(7-8-16(11)17)21-18(23)9-13-3-5-14(20)6-4-13/h3-8,10,16H,9H2,1-2H3,(H,22,24). The lowest BCUT2D eigenvalue weighted by Crippen LogP contribution is -2.35. The highest BCUT2D eigenvalue weighted by molar-refractivity contribution is 6.11. The van der Waals surface area contributed by atoms with Crippen LogP contribution in [0.5, 0.6) is 0 Å². The molecule has 0 aromatic heterocycles. The third kappa shape index (κ3) is 3.25. The van der Waals surface area contributed by atoms with E-state index in [0.29, 0.717) is 11.3 Å². The molecule has 3 rings (SSSR count). The zero-order valence-electron chi connectivity index (χ0n) is 13.5. The lowest BCUT2D eigenvalue weighted by Gasteiger charge is -2.28. The second-order valence-corrected chi connectivity index (χ2v) is 5.93. The van der Waals surface area contributed by atoms with E-state index in [-0.39, 0.29) is 30.0 Å². The summed E-state index contributed by atoms with van der Waals surface area (Å²) in [5.41, 5.74) is 3.66. The number of allylic oxidation sites excluding steroid dienone is 3. The van der Waals surface area contributed by atoms with E-state index in [1.165, 1.54) is 12.1 Å². The summed E-state index contributed by atoms with van der Waals surface area (Å²) in [4.78, 5) is 28.0. The highest BCUT2D eigenvalue weighted by atomic mass is 19.1. The van der Waals surface area contributed by atoms with Crippen molar-refractivity contribution in [3.8, 4) is 0 Å². The van der Waals surface area contributed by atoms with Gasteiger partial charge in [0.15, 0.2) is 0 Å². The first-order valence-electron chi connectivity index (χ1n) is 7.68. The summed E-state index contributed by atoms with van der Waals surface area (Å²) in [7, 11) is 0. The number of fused-ring (bicyclic) bond motifs is 1. The molecule has 1 N–H and O–H groups in total. The molecule has 1 heterocycles. The molecule has 0 spiro atoms. The SMILES string of the molecule is CC1=C(C)C2C=CC(=NC(=O)Cc3ccc(F)cc3)C=C2NC1=O. The summed E-state index contributed by atoms with van der Waals surface area (Å²) < 4.78 is 12.9. The van der Waals surface area contributed by atoms with Gasteiger partial charge in [0.1, 0.15) is 5.82 Å². The molecule has 5 heteroatoms. The molecular weight excluding hydrogens is 307 g/mol. The Morgan fingerprint density at radius 1 is 1.25 bits per heavy atom. The van der Waals surface area contributed by atoms with Crippen LogP contribution in [0.15, 0.2) is 64.3 Å². The molecule has 1 unspecified atom stereocenters. The van der Waals surface area contributed by atoms with E-state index in [1.807, 2.05) is 13.0 Å². The number of nitrogens with zero attached hydrogens (tertiary/aromatic N) is 1. The van der Waals surface area contributed by atoms with Crippen LogP contribution < -0.4 is 5.32 Å². The number of halogens is 1. The van der Waals surface area contributed by atoms with Gasteiger partial charge in [-0.3, -0.25) is 9.59 Å². The van der Waals surface area contributed by atoms with Crippen molar-refractivity contribution in [1.29, 1.82) is 0 Å². The molecule has 0 bridgehead atoms. The number of hydrogen-bond acceptors (Lipinski definition) is 2. The minimum Gasteiger partial charge on any atom is -0.325 e. The predicted molar refractivity (Wildman–Crippen MR) is 89.8 cm³/mol. The summed E-state index contributed by atoms with van der Waals surface area (Å²) >= 11 is 0. The van der Waals surface area contributed by atoms with Crippen molar-refractivity contribution in [3.63, 3.8) is 0 Å². The van der Waals surface area contributed by atoms with Crippen LogP contribution in [0.1, 0.15) is 19.4 Å². The molecule has 1 atom stereocenters. The van der Waals surface area contributed by atoms with E-state index in [2.05, 4.69) is 10.3 Å². The van der Waals surface area contributed by atoms with Gasteiger partial charge in [-0.25, -0.2) is 9.38 Å². The van der Waals surface area contributed by atoms with Crippen molar-refractivity contribution < 1.29 is 14.0 Å². The summed E-state index contributed by atoms with van der Waals surface area (Å²) in [6, 6.07) is 5.77. The van der Waals surface area contributed by atoms with Gasteiger partial charge in [-0.2, -0.15) is 0 Å². The van der Waals surface area contributed by atoms with Crippen LogP contribution in [-0.2, 0) is 16.0 Å². The fourth-order valence-corrected chi connectivity index (χ4v) is 2.75. The maximum atomic E-state index is 12.9.